The summed E-state index contributed by atoms with van der Waals surface area (Å²) in [5, 5.41) is 4.90. The number of hydrogen-bond acceptors (Lipinski definition) is 6. The summed E-state index contributed by atoms with van der Waals surface area (Å²) in [6.45, 7) is 6.43. The van der Waals surface area contributed by atoms with Crippen LogP contribution in [0.2, 0.25) is 0 Å². The van der Waals surface area contributed by atoms with Crippen LogP contribution in [0.25, 0.3) is 32.7 Å². The van der Waals surface area contributed by atoms with Crippen molar-refractivity contribution >= 4 is 124 Å². The molecule has 514 valence electrons. The van der Waals surface area contributed by atoms with E-state index < -0.39 is 0 Å². The standard InChI is InChI=1S/C57H48N4.C44H32N2/c1-43-16-13-25-55(40-43)59(46-19-7-4-8-20-46)52-34-28-49(29-35-52)58(50-30-36-53(37-31-50)60(47-21-9-5-10-22-47)56-26-14-17-44(2)41-56)51-32-38-54(39-33-51)61(48-23-11-6-12-24-48)57-27-15-18-45(3)42-57;1-3-17-37(18-4-1)45(43-23-11-15-35-13-7-9-21-41(35)43)39-29-25-33(26-30-39)34-27-31-40(32-28-34)46(38-19-5-2-6-20-38)44-24-12-16-36-14-8-10-22-42(36)44/h4-42H,1-3H3;1-32H. The van der Waals surface area contributed by atoms with Crippen molar-refractivity contribution in [2.45, 2.75) is 20.8 Å². The van der Waals surface area contributed by atoms with Gasteiger partial charge in [0.1, 0.15) is 0 Å². The Morgan fingerprint density at radius 3 is 0.598 bits per heavy atom. The van der Waals surface area contributed by atoms with Crippen molar-refractivity contribution in [2.24, 2.45) is 0 Å². The van der Waals surface area contributed by atoms with E-state index >= 15 is 0 Å². The van der Waals surface area contributed by atoms with Gasteiger partial charge in [0.2, 0.25) is 0 Å². The van der Waals surface area contributed by atoms with Crippen LogP contribution >= 0.6 is 0 Å². The molecule has 0 fully saturated rings. The molecular weight excluding hydrogens is 1300 g/mol. The largest absolute Gasteiger partial charge is 0.310 e. The number of hydrogen-bond donors (Lipinski definition) is 0. The second-order valence-electron chi connectivity index (χ2n) is 26.8. The molecule has 0 heterocycles. The van der Waals surface area contributed by atoms with Crippen LogP contribution < -0.4 is 29.4 Å². The average Bonchev–Trinajstić information content (AvgIpc) is 0.787. The average molecular weight is 1380 g/mol. The van der Waals surface area contributed by atoms with Gasteiger partial charge in [0, 0.05) is 102 Å². The van der Waals surface area contributed by atoms with E-state index in [0.717, 1.165) is 102 Å². The molecule has 17 aromatic rings. The summed E-state index contributed by atoms with van der Waals surface area (Å²) in [4.78, 5) is 14.0. The molecule has 0 saturated heterocycles. The number of para-hydroxylation sites is 5. The summed E-state index contributed by atoms with van der Waals surface area (Å²) in [6.07, 6.45) is 0. The van der Waals surface area contributed by atoms with Gasteiger partial charge in [-0.1, -0.05) is 224 Å². The maximum absolute atomic E-state index is 2.34. The van der Waals surface area contributed by atoms with E-state index in [0.29, 0.717) is 0 Å². The fourth-order valence-corrected chi connectivity index (χ4v) is 14.5. The van der Waals surface area contributed by atoms with Crippen LogP contribution in [-0.2, 0) is 0 Å². The molecule has 0 aromatic heterocycles. The van der Waals surface area contributed by atoms with Crippen molar-refractivity contribution in [3.63, 3.8) is 0 Å². The molecule has 0 amide bonds. The highest BCUT2D eigenvalue weighted by Gasteiger charge is 2.22. The molecule has 107 heavy (non-hydrogen) atoms. The van der Waals surface area contributed by atoms with E-state index in [9.17, 15) is 0 Å². The van der Waals surface area contributed by atoms with Crippen LogP contribution in [0.15, 0.2) is 431 Å². The van der Waals surface area contributed by atoms with Crippen LogP contribution in [0.1, 0.15) is 16.7 Å². The van der Waals surface area contributed by atoms with E-state index in [1.165, 1.54) is 49.4 Å². The maximum atomic E-state index is 2.34. The Hall–Kier alpha value is -13.9. The lowest BCUT2D eigenvalue weighted by molar-refractivity contribution is 1.23. The van der Waals surface area contributed by atoms with Gasteiger partial charge in [-0.3, -0.25) is 0 Å². The zero-order chi connectivity index (χ0) is 72.3. The molecule has 0 unspecified atom stereocenters. The van der Waals surface area contributed by atoms with Crippen LogP contribution in [0, 0.1) is 20.8 Å². The predicted molar refractivity (Wildman–Crippen MR) is 456 cm³/mol. The van der Waals surface area contributed by atoms with Gasteiger partial charge in [0.25, 0.3) is 0 Å². The predicted octanol–water partition coefficient (Wildman–Crippen LogP) is 29.1. The molecule has 6 heteroatoms. The van der Waals surface area contributed by atoms with E-state index in [1.807, 2.05) is 0 Å². The highest BCUT2D eigenvalue weighted by molar-refractivity contribution is 6.01. The van der Waals surface area contributed by atoms with E-state index in [-0.39, 0.29) is 0 Å². The first-order valence-corrected chi connectivity index (χ1v) is 36.5. The fourth-order valence-electron chi connectivity index (χ4n) is 14.5. The smallest absolute Gasteiger partial charge is 0.0540 e. The second-order valence-corrected chi connectivity index (χ2v) is 26.8. The number of anilines is 18. The molecule has 6 nitrogen and oxygen atoms in total. The zero-order valence-electron chi connectivity index (χ0n) is 60.2. The molecule has 17 aromatic carbocycles. The first kappa shape index (κ1) is 67.5. The molecule has 0 atom stereocenters. The third-order valence-corrected chi connectivity index (χ3v) is 19.5. The number of fused-ring (bicyclic) bond motifs is 2. The topological polar surface area (TPSA) is 19.4 Å². The Morgan fingerprint density at radius 2 is 0.327 bits per heavy atom. The summed E-state index contributed by atoms with van der Waals surface area (Å²) in [6, 6.07) is 154. The summed E-state index contributed by atoms with van der Waals surface area (Å²) in [5.74, 6) is 0. The zero-order valence-corrected chi connectivity index (χ0v) is 60.2. The third kappa shape index (κ3) is 14.9. The van der Waals surface area contributed by atoms with Gasteiger partial charge >= 0.3 is 0 Å². The van der Waals surface area contributed by atoms with Gasteiger partial charge in [-0.25, -0.2) is 0 Å². The third-order valence-electron chi connectivity index (χ3n) is 19.5. The molecule has 17 rings (SSSR count). The Morgan fingerprint density at radius 1 is 0.140 bits per heavy atom. The maximum Gasteiger partial charge on any atom is 0.0540 e. The lowest BCUT2D eigenvalue weighted by Crippen LogP contribution is -2.14. The lowest BCUT2D eigenvalue weighted by atomic mass is 10.0. The molecule has 0 aliphatic carbocycles. The van der Waals surface area contributed by atoms with Crippen LogP contribution in [0.5, 0.6) is 0 Å². The van der Waals surface area contributed by atoms with Gasteiger partial charge in [-0.15, -0.1) is 0 Å². The van der Waals surface area contributed by atoms with Crippen molar-refractivity contribution in [2.75, 3.05) is 29.4 Å². The summed E-state index contributed by atoms with van der Waals surface area (Å²) in [7, 11) is 0. The number of nitrogens with zero attached hydrogens (tertiary/aromatic N) is 6. The quantitative estimate of drug-likeness (QED) is 0.0798. The lowest BCUT2D eigenvalue weighted by Gasteiger charge is -2.30. The minimum absolute atomic E-state index is 1.05. The van der Waals surface area contributed by atoms with E-state index in [4.69, 9.17) is 0 Å². The molecule has 0 bridgehead atoms. The summed E-state index contributed by atoms with van der Waals surface area (Å²) in [5.41, 5.74) is 25.9. The first-order valence-electron chi connectivity index (χ1n) is 36.5. The first-order chi connectivity index (χ1) is 52.8. The number of aryl methyl sites for hydroxylation is 3. The molecule has 0 radical (unpaired) electrons. The van der Waals surface area contributed by atoms with E-state index in [1.54, 1.807) is 0 Å². The normalized spacial score (nSPS) is 10.9. The Kier molecular flexibility index (Phi) is 19.8. The Labute approximate surface area is 628 Å². The van der Waals surface area contributed by atoms with Gasteiger partial charge in [-0.2, -0.15) is 0 Å². The number of benzene rings is 17. The van der Waals surface area contributed by atoms with Crippen molar-refractivity contribution in [3.8, 4) is 11.1 Å². The molecule has 0 aliphatic heterocycles. The van der Waals surface area contributed by atoms with Gasteiger partial charge in [-0.05, 0) is 266 Å². The number of rotatable bonds is 19. The summed E-state index contributed by atoms with van der Waals surface area (Å²) >= 11 is 0. The molecule has 0 N–H and O–H groups in total. The minimum Gasteiger partial charge on any atom is -0.310 e. The van der Waals surface area contributed by atoms with Gasteiger partial charge in [0.05, 0.1) is 11.4 Å². The van der Waals surface area contributed by atoms with E-state index in [2.05, 4.69) is 481 Å². The van der Waals surface area contributed by atoms with Crippen molar-refractivity contribution in [1.29, 1.82) is 0 Å². The highest BCUT2D eigenvalue weighted by Crippen LogP contribution is 2.46. The summed E-state index contributed by atoms with van der Waals surface area (Å²) < 4.78 is 0. The fraction of sp³-hybridized carbons (Fsp3) is 0.0297. The van der Waals surface area contributed by atoms with Crippen molar-refractivity contribution in [3.05, 3.63) is 447 Å². The van der Waals surface area contributed by atoms with Crippen LogP contribution in [0.4, 0.5) is 102 Å². The van der Waals surface area contributed by atoms with Crippen molar-refractivity contribution < 1.29 is 0 Å². The van der Waals surface area contributed by atoms with Crippen LogP contribution in [-0.4, -0.2) is 0 Å². The van der Waals surface area contributed by atoms with Gasteiger partial charge in [0.15, 0.2) is 0 Å². The molecular formula is C101H80N6. The molecule has 0 aliphatic rings. The molecule has 0 saturated carbocycles. The molecule has 0 spiro atoms. The van der Waals surface area contributed by atoms with Crippen molar-refractivity contribution in [1.82, 2.24) is 0 Å². The second kappa shape index (κ2) is 31.3. The Balaban J connectivity index is 0.000000170. The monoisotopic (exact) mass is 1380 g/mol. The SMILES string of the molecule is Cc1cccc(N(c2ccccc2)c2ccc(N(c3ccc(N(c4ccccc4)c4cccc(C)c4)cc3)c3ccc(N(c4ccccc4)c4cccc(C)c4)cc3)cc2)c1.c1ccc(N(c2ccc(-c3ccc(N(c4ccccc4)c4cccc5ccccc45)cc3)cc2)c2cccc3ccccc23)cc1. The highest BCUT2D eigenvalue weighted by atomic mass is 15.2. The van der Waals surface area contributed by atoms with Crippen LogP contribution in [0.3, 0.4) is 0 Å². The van der Waals surface area contributed by atoms with Gasteiger partial charge < -0.3 is 29.4 Å². The Bertz CT molecular complexity index is 5290. The minimum atomic E-state index is 1.05.